The molecule has 0 unspecified atom stereocenters. The number of carbonyl (C=O) groups excluding carboxylic acids is 1. The van der Waals surface area contributed by atoms with E-state index in [1.54, 1.807) is 4.52 Å². The number of urea groups is 1. The second-order valence-electron chi connectivity index (χ2n) is 7.11. The number of nitrogens with zero attached hydrogens (tertiary/aromatic N) is 4. The predicted molar refractivity (Wildman–Crippen MR) is 111 cm³/mol. The molecular formula is C21H16F3N5OS. The molecule has 4 aromatic rings. The summed E-state index contributed by atoms with van der Waals surface area (Å²) >= 11 is 1.44. The van der Waals surface area contributed by atoms with Crippen LogP contribution in [-0.2, 0) is 19.1 Å². The van der Waals surface area contributed by atoms with E-state index in [0.29, 0.717) is 25.3 Å². The Balaban J connectivity index is 1.36. The van der Waals surface area contributed by atoms with Crippen molar-refractivity contribution in [2.24, 2.45) is 0 Å². The molecule has 1 aliphatic rings. The minimum absolute atomic E-state index is 0.249. The second-order valence-corrected chi connectivity index (χ2v) is 8.17. The zero-order valence-corrected chi connectivity index (χ0v) is 16.9. The van der Waals surface area contributed by atoms with E-state index >= 15 is 0 Å². The Hall–Kier alpha value is -3.40. The minimum atomic E-state index is -4.54. The molecule has 31 heavy (non-hydrogen) atoms. The number of hydrogen-bond acceptors (Lipinski definition) is 4. The van der Waals surface area contributed by atoms with Crippen LogP contribution in [0.15, 0.2) is 54.6 Å². The first-order valence-corrected chi connectivity index (χ1v) is 10.4. The van der Waals surface area contributed by atoms with Crippen LogP contribution in [0.3, 0.4) is 0 Å². The molecule has 0 radical (unpaired) electrons. The van der Waals surface area contributed by atoms with Gasteiger partial charge in [-0.15, -0.1) is 5.10 Å². The van der Waals surface area contributed by atoms with E-state index in [-0.39, 0.29) is 5.69 Å². The molecule has 1 aliphatic heterocycles. The summed E-state index contributed by atoms with van der Waals surface area (Å²) < 4.78 is 41.4. The fourth-order valence-electron chi connectivity index (χ4n) is 3.61. The lowest BCUT2D eigenvalue weighted by Gasteiger charge is -2.27. The summed E-state index contributed by atoms with van der Waals surface area (Å²) in [5, 5.41) is 7.01. The van der Waals surface area contributed by atoms with E-state index in [9.17, 15) is 18.0 Å². The van der Waals surface area contributed by atoms with Gasteiger partial charge in [0.1, 0.15) is 0 Å². The van der Waals surface area contributed by atoms with Crippen LogP contribution in [0, 0.1) is 0 Å². The molecular weight excluding hydrogens is 427 g/mol. The Bertz CT molecular complexity index is 1270. The summed E-state index contributed by atoms with van der Waals surface area (Å²) in [6.45, 7) is 0.672. The molecule has 2 aromatic heterocycles. The maximum atomic E-state index is 13.2. The Morgan fingerprint density at radius 3 is 2.58 bits per heavy atom. The number of benzene rings is 2. The number of rotatable bonds is 2. The van der Waals surface area contributed by atoms with E-state index in [4.69, 9.17) is 0 Å². The molecule has 6 nitrogen and oxygen atoms in total. The summed E-state index contributed by atoms with van der Waals surface area (Å²) in [7, 11) is 0. The highest BCUT2D eigenvalue weighted by Gasteiger charge is 2.34. The number of anilines is 1. The Kier molecular flexibility index (Phi) is 4.66. The normalized spacial score (nSPS) is 14.0. The number of fused-ring (bicyclic) bond motifs is 3. The molecule has 0 saturated heterocycles. The van der Waals surface area contributed by atoms with Crippen LogP contribution >= 0.6 is 11.3 Å². The average molecular weight is 443 g/mol. The van der Waals surface area contributed by atoms with Gasteiger partial charge in [0.15, 0.2) is 5.82 Å². The molecule has 0 spiro atoms. The van der Waals surface area contributed by atoms with Gasteiger partial charge in [-0.1, -0.05) is 53.8 Å². The Morgan fingerprint density at radius 2 is 1.81 bits per heavy atom. The highest BCUT2D eigenvalue weighted by molar-refractivity contribution is 7.17. The summed E-state index contributed by atoms with van der Waals surface area (Å²) in [6, 6.07) is 14.1. The van der Waals surface area contributed by atoms with Crippen LogP contribution in [0.4, 0.5) is 23.7 Å². The van der Waals surface area contributed by atoms with Gasteiger partial charge in [-0.2, -0.15) is 18.2 Å². The zero-order valence-electron chi connectivity index (χ0n) is 16.1. The number of hydrogen-bond donors (Lipinski definition) is 1. The molecule has 0 aliphatic carbocycles. The lowest BCUT2D eigenvalue weighted by molar-refractivity contribution is -0.136. The number of alkyl halides is 3. The predicted octanol–water partition coefficient (Wildman–Crippen LogP) is 5.07. The van der Waals surface area contributed by atoms with Gasteiger partial charge in [0, 0.05) is 23.4 Å². The fourth-order valence-corrected chi connectivity index (χ4v) is 4.72. The van der Waals surface area contributed by atoms with Crippen LogP contribution in [0.25, 0.3) is 16.3 Å². The highest BCUT2D eigenvalue weighted by atomic mass is 32.1. The Morgan fingerprint density at radius 1 is 1.06 bits per heavy atom. The minimum Gasteiger partial charge on any atom is -0.319 e. The van der Waals surface area contributed by atoms with E-state index in [0.717, 1.165) is 27.2 Å². The third kappa shape index (κ3) is 3.63. The quantitative estimate of drug-likeness (QED) is 0.471. The van der Waals surface area contributed by atoms with Gasteiger partial charge in [-0.3, -0.25) is 0 Å². The number of carbonyl (C=O) groups is 1. The first kappa shape index (κ1) is 19.6. The third-order valence-corrected chi connectivity index (χ3v) is 6.17. The van der Waals surface area contributed by atoms with Crippen LogP contribution in [0.5, 0.6) is 0 Å². The first-order valence-electron chi connectivity index (χ1n) is 9.55. The number of aromatic nitrogens is 3. The molecule has 2 aromatic carbocycles. The molecule has 0 saturated carbocycles. The van der Waals surface area contributed by atoms with Crippen molar-refractivity contribution in [3.63, 3.8) is 0 Å². The molecule has 3 heterocycles. The molecule has 2 amide bonds. The summed E-state index contributed by atoms with van der Waals surface area (Å²) in [5.74, 6) is 0.638. The summed E-state index contributed by atoms with van der Waals surface area (Å²) in [4.78, 5) is 20.4. The van der Waals surface area contributed by atoms with E-state index < -0.39 is 17.8 Å². The maximum absolute atomic E-state index is 13.2. The third-order valence-electron chi connectivity index (χ3n) is 5.12. The van der Waals surface area contributed by atoms with Gasteiger partial charge in [-0.05, 0) is 12.1 Å². The summed E-state index contributed by atoms with van der Waals surface area (Å²) in [6.07, 6.45) is -4.00. The zero-order chi connectivity index (χ0) is 21.6. The second kappa shape index (κ2) is 7.38. The molecule has 10 heteroatoms. The van der Waals surface area contributed by atoms with Crippen LogP contribution in [0.2, 0.25) is 0 Å². The van der Waals surface area contributed by atoms with Gasteiger partial charge >= 0.3 is 12.2 Å². The molecule has 0 atom stereocenters. The fraction of sp³-hybridized carbons (Fsp3) is 0.190. The lowest BCUT2D eigenvalue weighted by atomic mass is 10.1. The molecule has 5 rings (SSSR count). The van der Waals surface area contributed by atoms with Crippen LogP contribution in [0.1, 0.15) is 16.1 Å². The maximum Gasteiger partial charge on any atom is 0.418 e. The Labute approximate surface area is 178 Å². The van der Waals surface area contributed by atoms with Gasteiger partial charge in [0.25, 0.3) is 0 Å². The molecule has 1 N–H and O–H groups in total. The standard InChI is InChI=1S/C21H16F3N5OS/c22-21(23,24)14-8-4-5-9-15(14)25-19(30)28-11-10-16-17(12-28)31-20-26-18(27-29(16)20)13-6-2-1-3-7-13/h1-9H,10-12H2,(H,25,30). The summed E-state index contributed by atoms with van der Waals surface area (Å²) in [5.41, 5.74) is 0.788. The highest BCUT2D eigenvalue weighted by Crippen LogP contribution is 2.35. The smallest absolute Gasteiger partial charge is 0.319 e. The van der Waals surface area contributed by atoms with Crippen LogP contribution < -0.4 is 5.32 Å². The van der Waals surface area contributed by atoms with Gasteiger partial charge in [-0.25, -0.2) is 9.31 Å². The average Bonchev–Trinajstić information content (AvgIpc) is 3.31. The van der Waals surface area contributed by atoms with Crippen molar-refractivity contribution in [3.8, 4) is 11.4 Å². The SMILES string of the molecule is O=C(Nc1ccccc1C(F)(F)F)N1CCc2c(sc3nc(-c4ccccc4)nn23)C1. The van der Waals surface area contributed by atoms with Gasteiger partial charge in [0.2, 0.25) is 4.96 Å². The van der Waals surface area contributed by atoms with E-state index in [2.05, 4.69) is 15.4 Å². The molecule has 0 bridgehead atoms. The number of para-hydroxylation sites is 1. The number of amides is 2. The van der Waals surface area contributed by atoms with Crippen molar-refractivity contribution in [2.45, 2.75) is 19.1 Å². The topological polar surface area (TPSA) is 62.5 Å². The molecule has 0 fully saturated rings. The van der Waals surface area contributed by atoms with E-state index in [1.165, 1.54) is 34.4 Å². The van der Waals surface area contributed by atoms with Crippen molar-refractivity contribution in [3.05, 3.63) is 70.7 Å². The van der Waals surface area contributed by atoms with Crippen LogP contribution in [-0.4, -0.2) is 32.1 Å². The number of thiazole rings is 1. The number of halogens is 3. The molecule has 158 valence electrons. The van der Waals surface area contributed by atoms with Crippen molar-refractivity contribution in [2.75, 3.05) is 11.9 Å². The van der Waals surface area contributed by atoms with Gasteiger partial charge in [0.05, 0.1) is 23.5 Å². The van der Waals surface area contributed by atoms with Gasteiger partial charge < -0.3 is 10.2 Å². The van der Waals surface area contributed by atoms with Crippen molar-refractivity contribution < 1.29 is 18.0 Å². The van der Waals surface area contributed by atoms with Crippen molar-refractivity contribution in [1.29, 1.82) is 0 Å². The van der Waals surface area contributed by atoms with Crippen molar-refractivity contribution >= 4 is 28.0 Å². The first-order chi connectivity index (χ1) is 14.9. The monoisotopic (exact) mass is 443 g/mol. The lowest BCUT2D eigenvalue weighted by Crippen LogP contribution is -2.39. The number of nitrogens with one attached hydrogen (secondary N) is 1. The van der Waals surface area contributed by atoms with Crippen molar-refractivity contribution in [1.82, 2.24) is 19.5 Å². The largest absolute Gasteiger partial charge is 0.418 e. The van der Waals surface area contributed by atoms with E-state index in [1.807, 2.05) is 30.3 Å².